The van der Waals surface area contributed by atoms with E-state index < -0.39 is 0 Å². The van der Waals surface area contributed by atoms with Crippen LogP contribution in [0.3, 0.4) is 0 Å². The fourth-order valence-corrected chi connectivity index (χ4v) is 3.99. The lowest BCUT2D eigenvalue weighted by atomic mass is 10.1. The van der Waals surface area contributed by atoms with Crippen LogP contribution < -0.4 is 14.5 Å². The van der Waals surface area contributed by atoms with Gasteiger partial charge in [-0.1, -0.05) is 12.1 Å². The molecule has 1 aliphatic heterocycles. The molecule has 0 bridgehead atoms. The molecule has 2 heterocycles. The van der Waals surface area contributed by atoms with Gasteiger partial charge in [0.25, 0.3) is 0 Å². The van der Waals surface area contributed by atoms with Gasteiger partial charge in [0.2, 0.25) is 0 Å². The molecule has 0 unspecified atom stereocenters. The van der Waals surface area contributed by atoms with E-state index in [0.717, 1.165) is 43.0 Å². The van der Waals surface area contributed by atoms with E-state index in [0.29, 0.717) is 5.82 Å². The van der Waals surface area contributed by atoms with Crippen LogP contribution in [0.5, 0.6) is 5.75 Å². The van der Waals surface area contributed by atoms with Crippen molar-refractivity contribution < 1.29 is 14.7 Å². The number of nitrogens with one attached hydrogen (secondary N) is 2. The quantitative estimate of drug-likeness (QED) is 0.448. The Hall–Kier alpha value is -3.50. The van der Waals surface area contributed by atoms with E-state index in [-0.39, 0.29) is 17.4 Å². The lowest BCUT2D eigenvalue weighted by Crippen LogP contribution is -3.18. The number of fused-ring (bicyclic) bond motifs is 1. The van der Waals surface area contributed by atoms with Gasteiger partial charge >= 0.3 is 0 Å². The number of anilines is 1. The largest absolute Gasteiger partial charge is 0.505 e. The van der Waals surface area contributed by atoms with Gasteiger partial charge in [0.1, 0.15) is 23.4 Å². The van der Waals surface area contributed by atoms with E-state index in [9.17, 15) is 10.4 Å². The minimum atomic E-state index is -0.189. The summed E-state index contributed by atoms with van der Waals surface area (Å²) < 4.78 is 5.23. The fraction of sp³-hybridized carbons (Fsp3) is 0.304. The molecule has 0 amide bonds. The van der Waals surface area contributed by atoms with Gasteiger partial charge in [0.05, 0.1) is 44.3 Å². The highest BCUT2D eigenvalue weighted by molar-refractivity contribution is 5.82. The summed E-state index contributed by atoms with van der Waals surface area (Å²) in [5.41, 5.74) is 3.01. The first-order valence-electron chi connectivity index (χ1n) is 10.1. The number of aliphatic hydroxyl groups is 1. The van der Waals surface area contributed by atoms with E-state index >= 15 is 0 Å². The van der Waals surface area contributed by atoms with Crippen LogP contribution in [-0.4, -0.2) is 54.4 Å². The van der Waals surface area contributed by atoms with Crippen LogP contribution in [0.4, 0.5) is 5.69 Å². The molecule has 3 N–H and O–H groups in total. The number of rotatable bonds is 5. The topological polar surface area (TPSA) is 89.6 Å². The van der Waals surface area contributed by atoms with Gasteiger partial charge in [-0.2, -0.15) is 5.26 Å². The molecule has 30 heavy (non-hydrogen) atoms. The molecule has 1 fully saturated rings. The number of imidazole rings is 1. The molecule has 4 rings (SSSR count). The Morgan fingerprint density at radius 2 is 1.90 bits per heavy atom. The lowest BCUT2D eigenvalue weighted by Gasteiger charge is -2.36. The van der Waals surface area contributed by atoms with Gasteiger partial charge < -0.3 is 24.6 Å². The summed E-state index contributed by atoms with van der Waals surface area (Å²) in [5, 5.41) is 20.6. The van der Waals surface area contributed by atoms with Crippen molar-refractivity contribution in [3.8, 4) is 11.8 Å². The van der Waals surface area contributed by atoms with Crippen molar-refractivity contribution in [1.82, 2.24) is 9.97 Å². The van der Waals surface area contributed by atoms with Crippen LogP contribution in [0.25, 0.3) is 16.6 Å². The monoisotopic (exact) mass is 404 g/mol. The molecule has 7 nitrogen and oxygen atoms in total. The molecule has 1 aromatic heterocycles. The van der Waals surface area contributed by atoms with Crippen LogP contribution in [0.1, 0.15) is 12.7 Å². The van der Waals surface area contributed by atoms with Crippen molar-refractivity contribution in [2.75, 3.05) is 38.2 Å². The number of allylic oxidation sites excluding steroid dienone is 1. The highest BCUT2D eigenvalue weighted by atomic mass is 16.5. The molecule has 0 radical (unpaired) electrons. The van der Waals surface area contributed by atoms with Crippen molar-refractivity contribution in [3.63, 3.8) is 0 Å². The number of hydrogen-bond donors (Lipinski definition) is 3. The second kappa shape index (κ2) is 8.47. The van der Waals surface area contributed by atoms with Gasteiger partial charge in [-0.15, -0.1) is 0 Å². The zero-order valence-electron chi connectivity index (χ0n) is 17.2. The lowest BCUT2D eigenvalue weighted by molar-refractivity contribution is -0.919. The van der Waals surface area contributed by atoms with Gasteiger partial charge in [0.15, 0.2) is 11.6 Å². The minimum absolute atomic E-state index is 0.0875. The predicted octanol–water partition coefficient (Wildman–Crippen LogP) is 2.16. The normalized spacial score (nSPS) is 16.8. The van der Waals surface area contributed by atoms with Crippen molar-refractivity contribution in [2.45, 2.75) is 13.0 Å². The molecule has 2 aromatic carbocycles. The number of ether oxygens (including phenoxy) is 1. The molecule has 1 aliphatic rings. The second-order valence-electron chi connectivity index (χ2n) is 7.54. The van der Waals surface area contributed by atoms with E-state index in [1.165, 1.54) is 10.6 Å². The summed E-state index contributed by atoms with van der Waals surface area (Å²) in [4.78, 5) is 11.2. The first-order chi connectivity index (χ1) is 14.6. The van der Waals surface area contributed by atoms with Crippen molar-refractivity contribution in [3.05, 3.63) is 60.1 Å². The number of nitrogens with zero attached hydrogens (tertiary/aromatic N) is 3. The Bertz CT molecular complexity index is 1060. The Balaban J connectivity index is 1.48. The van der Waals surface area contributed by atoms with Gasteiger partial charge in [0, 0.05) is 5.69 Å². The smallest absolute Gasteiger partial charge is 0.172 e. The number of H-pyrrole nitrogens is 1. The van der Waals surface area contributed by atoms with E-state index in [1.807, 2.05) is 43.3 Å². The molecular weight excluding hydrogens is 378 g/mol. The van der Waals surface area contributed by atoms with Crippen LogP contribution in [0, 0.1) is 11.3 Å². The Morgan fingerprint density at radius 1 is 1.20 bits per heavy atom. The number of piperazine rings is 1. The van der Waals surface area contributed by atoms with E-state index in [1.54, 1.807) is 7.11 Å². The number of nitriles is 1. The molecule has 1 saturated heterocycles. The average molecular weight is 404 g/mol. The van der Waals surface area contributed by atoms with Gasteiger partial charge in [-0.25, -0.2) is 4.98 Å². The van der Waals surface area contributed by atoms with Crippen LogP contribution >= 0.6 is 0 Å². The van der Waals surface area contributed by atoms with Crippen molar-refractivity contribution in [1.29, 1.82) is 5.26 Å². The molecule has 154 valence electrons. The number of aromatic amines is 1. The standard InChI is InChI=1S/C23H25N5O2/c1-16(22(29)19(15-24)23-25-20-5-3-4-6-21(20)26-23)27-11-13-28(14-12-27)17-7-9-18(30-2)10-8-17/h3-10,16,29H,11-14H2,1-2H3,(H,25,26)/p+1/b22-19-/t16-/m0/s1. The highest BCUT2D eigenvalue weighted by Crippen LogP contribution is 2.21. The molecule has 0 aliphatic carbocycles. The number of aliphatic hydroxyl groups excluding tert-OH is 1. The Morgan fingerprint density at radius 3 is 2.53 bits per heavy atom. The predicted molar refractivity (Wildman–Crippen MR) is 117 cm³/mol. The van der Waals surface area contributed by atoms with Gasteiger partial charge in [-0.3, -0.25) is 0 Å². The SMILES string of the molecule is COc1ccc(N2CC[NH+]([C@@H](C)/C(O)=C(\C#N)c3nc4ccccc4[nH]3)CC2)cc1. The summed E-state index contributed by atoms with van der Waals surface area (Å²) in [6.07, 6.45) is 0. The molecule has 7 heteroatoms. The number of methoxy groups -OCH3 is 1. The summed E-state index contributed by atoms with van der Waals surface area (Å²) in [5.74, 6) is 1.35. The first-order valence-corrected chi connectivity index (χ1v) is 10.1. The maximum atomic E-state index is 10.9. The fourth-order valence-electron chi connectivity index (χ4n) is 3.99. The molecule has 3 aromatic rings. The number of quaternary nitrogens is 1. The van der Waals surface area contributed by atoms with E-state index in [2.05, 4.69) is 33.1 Å². The third-order valence-electron chi connectivity index (χ3n) is 5.86. The van der Waals surface area contributed by atoms with Crippen LogP contribution in [0.2, 0.25) is 0 Å². The third-order valence-corrected chi connectivity index (χ3v) is 5.86. The van der Waals surface area contributed by atoms with Gasteiger partial charge in [-0.05, 0) is 43.3 Å². The maximum Gasteiger partial charge on any atom is 0.172 e. The zero-order valence-corrected chi connectivity index (χ0v) is 17.2. The third kappa shape index (κ3) is 3.82. The zero-order chi connectivity index (χ0) is 21.1. The average Bonchev–Trinajstić information content (AvgIpc) is 3.23. The second-order valence-corrected chi connectivity index (χ2v) is 7.54. The molecular formula is C23H26N5O2+. The molecule has 0 saturated carbocycles. The number of para-hydroxylation sites is 2. The summed E-state index contributed by atoms with van der Waals surface area (Å²) in [6.45, 7) is 5.47. The highest BCUT2D eigenvalue weighted by Gasteiger charge is 2.29. The summed E-state index contributed by atoms with van der Waals surface area (Å²) in [6, 6.07) is 17.6. The van der Waals surface area contributed by atoms with Crippen LogP contribution in [-0.2, 0) is 0 Å². The summed E-state index contributed by atoms with van der Waals surface area (Å²) >= 11 is 0. The van der Waals surface area contributed by atoms with Crippen molar-refractivity contribution >= 4 is 22.3 Å². The minimum Gasteiger partial charge on any atom is -0.505 e. The number of aromatic nitrogens is 2. The molecule has 0 spiro atoms. The van der Waals surface area contributed by atoms with E-state index in [4.69, 9.17) is 4.74 Å². The van der Waals surface area contributed by atoms with Crippen molar-refractivity contribution in [2.24, 2.45) is 0 Å². The van der Waals surface area contributed by atoms with Crippen LogP contribution in [0.15, 0.2) is 54.3 Å². The Labute approximate surface area is 175 Å². The maximum absolute atomic E-state index is 10.9. The number of benzene rings is 2. The summed E-state index contributed by atoms with van der Waals surface area (Å²) in [7, 11) is 1.67. The Kier molecular flexibility index (Phi) is 5.59. The number of hydrogen-bond acceptors (Lipinski definition) is 5. The first kappa shape index (κ1) is 19.8. The molecule has 1 atom stereocenters.